The molecule has 0 bridgehead atoms. The molecule has 41 heavy (non-hydrogen) atoms. The van der Waals surface area contributed by atoms with Gasteiger partial charge in [0.1, 0.15) is 28.8 Å². The zero-order valence-corrected chi connectivity index (χ0v) is 23.0. The van der Waals surface area contributed by atoms with E-state index in [1.165, 1.54) is 11.9 Å². The molecular formula is C33H27N3O5. The van der Waals surface area contributed by atoms with Gasteiger partial charge in [0.15, 0.2) is 0 Å². The fraction of sp³-hybridized carbons (Fsp3) is 0.152. The average molecular weight is 546 g/mol. The van der Waals surface area contributed by atoms with Crippen molar-refractivity contribution < 1.29 is 23.9 Å². The van der Waals surface area contributed by atoms with Crippen LogP contribution in [-0.2, 0) is 5.41 Å². The van der Waals surface area contributed by atoms with Crippen LogP contribution >= 0.6 is 0 Å². The summed E-state index contributed by atoms with van der Waals surface area (Å²) in [6.07, 6.45) is 0. The summed E-state index contributed by atoms with van der Waals surface area (Å²) in [6.45, 7) is 4.27. The number of imide groups is 1. The van der Waals surface area contributed by atoms with Gasteiger partial charge >= 0.3 is 0 Å². The zero-order chi connectivity index (χ0) is 29.1. The lowest BCUT2D eigenvalue weighted by atomic mass is 9.78. The first-order valence-corrected chi connectivity index (χ1v) is 13.1. The Morgan fingerprint density at radius 2 is 0.927 bits per heavy atom. The topological polar surface area (TPSA) is 100 Å². The number of rotatable bonds is 6. The van der Waals surface area contributed by atoms with Gasteiger partial charge in [0.2, 0.25) is 0 Å². The number of ether oxygens (including phenoxy) is 2. The molecular weight excluding hydrogens is 518 g/mol. The molecule has 1 N–H and O–H groups in total. The maximum atomic E-state index is 12.3. The third kappa shape index (κ3) is 4.34. The Kier molecular flexibility index (Phi) is 5.99. The maximum absolute atomic E-state index is 12.3. The van der Waals surface area contributed by atoms with E-state index in [0.29, 0.717) is 45.3 Å². The predicted octanol–water partition coefficient (Wildman–Crippen LogP) is 6.23. The fourth-order valence-electron chi connectivity index (χ4n) is 5.15. The lowest BCUT2D eigenvalue weighted by Crippen LogP contribution is -2.24. The monoisotopic (exact) mass is 545 g/mol. The molecule has 0 aromatic heterocycles. The maximum Gasteiger partial charge on any atom is 0.261 e. The Labute approximate surface area is 237 Å². The summed E-state index contributed by atoms with van der Waals surface area (Å²) in [5, 5.41) is 8.15. The standard InChI is InChI=1S/C33H27N3O5/c1-33(2,19-5-9-21(10-6-19)40-23-13-15-25-27(17-23)29(34)35(3)30(25)37)20-7-11-22(12-8-20)41-24-14-16-26-28(18-24)32(39)36(4)31(26)38/h5-18,34H,1-4H3. The molecule has 0 saturated heterocycles. The van der Waals surface area contributed by atoms with Crippen LogP contribution in [-0.4, -0.2) is 47.5 Å². The summed E-state index contributed by atoms with van der Waals surface area (Å²) in [5.41, 5.74) is 3.66. The number of hydrogen-bond acceptors (Lipinski definition) is 6. The predicted molar refractivity (Wildman–Crippen MR) is 153 cm³/mol. The Bertz CT molecular complexity index is 1630. The van der Waals surface area contributed by atoms with Gasteiger partial charge in [-0.3, -0.25) is 29.6 Å². The molecule has 0 spiro atoms. The highest BCUT2D eigenvalue weighted by molar-refractivity contribution is 6.22. The molecule has 8 heteroatoms. The van der Waals surface area contributed by atoms with Crippen LogP contribution in [0.5, 0.6) is 23.0 Å². The van der Waals surface area contributed by atoms with Gasteiger partial charge in [-0.2, -0.15) is 0 Å². The summed E-state index contributed by atoms with van der Waals surface area (Å²) in [5.74, 6) is 1.65. The van der Waals surface area contributed by atoms with E-state index in [1.54, 1.807) is 43.4 Å². The highest BCUT2D eigenvalue weighted by Crippen LogP contribution is 2.36. The van der Waals surface area contributed by atoms with Gasteiger partial charge < -0.3 is 9.47 Å². The van der Waals surface area contributed by atoms with Crippen molar-refractivity contribution in [2.24, 2.45) is 0 Å². The van der Waals surface area contributed by atoms with E-state index in [9.17, 15) is 14.4 Å². The number of nitrogens with one attached hydrogen (secondary N) is 1. The van der Waals surface area contributed by atoms with E-state index in [-0.39, 0.29) is 29.0 Å². The Hall–Kier alpha value is -5.24. The molecule has 204 valence electrons. The Morgan fingerprint density at radius 1 is 0.537 bits per heavy atom. The van der Waals surface area contributed by atoms with E-state index in [1.807, 2.05) is 48.5 Å². The first-order chi connectivity index (χ1) is 19.5. The van der Waals surface area contributed by atoms with Crippen molar-refractivity contribution in [3.8, 4) is 23.0 Å². The van der Waals surface area contributed by atoms with Crippen molar-refractivity contribution in [3.63, 3.8) is 0 Å². The van der Waals surface area contributed by atoms with Gasteiger partial charge in [0, 0.05) is 25.1 Å². The van der Waals surface area contributed by atoms with Crippen LogP contribution in [0.25, 0.3) is 0 Å². The zero-order valence-electron chi connectivity index (χ0n) is 23.0. The van der Waals surface area contributed by atoms with Crippen molar-refractivity contribution >= 4 is 23.6 Å². The first-order valence-electron chi connectivity index (χ1n) is 13.1. The van der Waals surface area contributed by atoms with Gasteiger partial charge in [0.05, 0.1) is 16.7 Å². The van der Waals surface area contributed by atoms with Crippen molar-refractivity contribution in [3.05, 3.63) is 118 Å². The van der Waals surface area contributed by atoms with Crippen LogP contribution in [0.2, 0.25) is 0 Å². The van der Waals surface area contributed by atoms with Gasteiger partial charge in [-0.15, -0.1) is 0 Å². The van der Waals surface area contributed by atoms with E-state index >= 15 is 0 Å². The molecule has 8 nitrogen and oxygen atoms in total. The van der Waals surface area contributed by atoms with Crippen LogP contribution in [0.15, 0.2) is 84.9 Å². The summed E-state index contributed by atoms with van der Waals surface area (Å²) in [6, 6.07) is 25.7. The molecule has 2 aliphatic heterocycles. The van der Waals surface area contributed by atoms with Gasteiger partial charge in [-0.05, 0) is 71.8 Å². The molecule has 0 unspecified atom stereocenters. The molecule has 4 aromatic rings. The number of carbonyl (C=O) groups is 3. The summed E-state index contributed by atoms with van der Waals surface area (Å²) >= 11 is 0. The van der Waals surface area contributed by atoms with Crippen molar-refractivity contribution in [2.75, 3.05) is 14.1 Å². The molecule has 0 aliphatic carbocycles. The third-order valence-electron chi connectivity index (χ3n) is 7.80. The second kappa shape index (κ2) is 9.45. The quantitative estimate of drug-likeness (QED) is 0.289. The minimum Gasteiger partial charge on any atom is -0.457 e. The summed E-state index contributed by atoms with van der Waals surface area (Å²) in [7, 11) is 3.06. The van der Waals surface area contributed by atoms with Crippen LogP contribution in [0.1, 0.15) is 61.6 Å². The molecule has 2 heterocycles. The second-order valence-corrected chi connectivity index (χ2v) is 10.7. The number of amidine groups is 1. The van der Waals surface area contributed by atoms with E-state index < -0.39 is 0 Å². The molecule has 0 radical (unpaired) electrons. The SMILES string of the molecule is CN1C(=N)c2cc(Oc3ccc(C(C)(C)c4ccc(Oc5ccc6c(c5)C(=O)N(C)C6=O)cc4)cc3)ccc2C1=O. The van der Waals surface area contributed by atoms with Crippen LogP contribution in [0, 0.1) is 5.41 Å². The van der Waals surface area contributed by atoms with Crippen molar-refractivity contribution in [2.45, 2.75) is 19.3 Å². The Morgan fingerprint density at radius 3 is 1.44 bits per heavy atom. The molecule has 2 aliphatic rings. The second-order valence-electron chi connectivity index (χ2n) is 10.7. The van der Waals surface area contributed by atoms with Gasteiger partial charge in [0.25, 0.3) is 17.7 Å². The summed E-state index contributed by atoms with van der Waals surface area (Å²) < 4.78 is 12.0. The molecule has 0 saturated carbocycles. The van der Waals surface area contributed by atoms with Crippen LogP contribution in [0.3, 0.4) is 0 Å². The largest absolute Gasteiger partial charge is 0.457 e. The number of hydrogen-bond donors (Lipinski definition) is 1. The van der Waals surface area contributed by atoms with E-state index in [4.69, 9.17) is 14.9 Å². The molecule has 3 amide bonds. The van der Waals surface area contributed by atoms with E-state index in [0.717, 1.165) is 16.0 Å². The van der Waals surface area contributed by atoms with Crippen molar-refractivity contribution in [1.29, 1.82) is 5.41 Å². The Balaban J connectivity index is 1.15. The van der Waals surface area contributed by atoms with Gasteiger partial charge in [-0.1, -0.05) is 38.1 Å². The number of fused-ring (bicyclic) bond motifs is 2. The van der Waals surface area contributed by atoms with Crippen LogP contribution in [0.4, 0.5) is 0 Å². The molecule has 6 rings (SSSR count). The lowest BCUT2D eigenvalue weighted by Gasteiger charge is -2.26. The van der Waals surface area contributed by atoms with Crippen LogP contribution < -0.4 is 9.47 Å². The smallest absolute Gasteiger partial charge is 0.261 e. The molecule has 0 atom stereocenters. The number of nitrogens with zero attached hydrogens (tertiary/aromatic N) is 2. The highest BCUT2D eigenvalue weighted by atomic mass is 16.5. The number of benzene rings is 4. The normalized spacial score (nSPS) is 14.4. The highest BCUT2D eigenvalue weighted by Gasteiger charge is 2.33. The molecule has 4 aromatic carbocycles. The third-order valence-corrected chi connectivity index (χ3v) is 7.80. The number of carbonyl (C=O) groups excluding carboxylic acids is 3. The average Bonchev–Trinajstić information content (AvgIpc) is 3.32. The minimum absolute atomic E-state index is 0.163. The van der Waals surface area contributed by atoms with Crippen molar-refractivity contribution in [1.82, 2.24) is 9.80 Å². The number of amides is 3. The summed E-state index contributed by atoms with van der Waals surface area (Å²) in [4.78, 5) is 39.1. The first kappa shape index (κ1) is 26.0. The molecule has 0 fully saturated rings. The minimum atomic E-state index is -0.332. The van der Waals surface area contributed by atoms with Gasteiger partial charge in [-0.25, -0.2) is 0 Å². The fourth-order valence-corrected chi connectivity index (χ4v) is 5.15. The lowest BCUT2D eigenvalue weighted by molar-refractivity contribution is 0.0692. The van der Waals surface area contributed by atoms with E-state index in [2.05, 4.69) is 13.8 Å².